The molecule has 1 aliphatic rings. The first-order chi connectivity index (χ1) is 9.72. The van der Waals surface area contributed by atoms with Crippen LogP contribution >= 0.6 is 0 Å². The van der Waals surface area contributed by atoms with Crippen LogP contribution in [0.25, 0.3) is 0 Å². The van der Waals surface area contributed by atoms with Crippen molar-refractivity contribution in [1.82, 2.24) is 14.7 Å². The van der Waals surface area contributed by atoms with Crippen molar-refractivity contribution in [1.29, 1.82) is 0 Å². The van der Waals surface area contributed by atoms with Crippen LogP contribution in [-0.4, -0.2) is 33.7 Å². The Bertz CT molecular complexity index is 623. The van der Waals surface area contributed by atoms with Crippen molar-refractivity contribution < 1.29 is 9.53 Å². The second-order valence-corrected chi connectivity index (χ2v) is 4.74. The summed E-state index contributed by atoms with van der Waals surface area (Å²) in [7, 11) is 0. The highest BCUT2D eigenvalue weighted by atomic mass is 16.5. The highest BCUT2D eigenvalue weighted by Gasteiger charge is 2.19. The van der Waals surface area contributed by atoms with Crippen LogP contribution < -0.4 is 10.5 Å². The van der Waals surface area contributed by atoms with E-state index in [1.165, 1.54) is 6.20 Å². The predicted octanol–water partition coefficient (Wildman–Crippen LogP) is 0.886. The third kappa shape index (κ3) is 2.59. The summed E-state index contributed by atoms with van der Waals surface area (Å²) < 4.78 is 7.20. The Morgan fingerprint density at radius 1 is 1.40 bits per heavy atom. The summed E-state index contributed by atoms with van der Waals surface area (Å²) in [6.45, 7) is 1.83. The SMILES string of the molecule is Nc1cnn(CC(=O)N2CCOc3ccccc3C2)c1. The number of hydrogen-bond donors (Lipinski definition) is 1. The van der Waals surface area contributed by atoms with Crippen LogP contribution in [0.4, 0.5) is 5.69 Å². The Labute approximate surface area is 116 Å². The van der Waals surface area contributed by atoms with E-state index in [-0.39, 0.29) is 12.5 Å². The van der Waals surface area contributed by atoms with Gasteiger partial charge in [-0.3, -0.25) is 9.48 Å². The van der Waals surface area contributed by atoms with Crippen molar-refractivity contribution in [3.8, 4) is 5.75 Å². The van der Waals surface area contributed by atoms with Gasteiger partial charge < -0.3 is 15.4 Å². The second kappa shape index (κ2) is 5.24. The van der Waals surface area contributed by atoms with Crippen molar-refractivity contribution >= 4 is 11.6 Å². The van der Waals surface area contributed by atoms with Gasteiger partial charge in [0.05, 0.1) is 18.4 Å². The zero-order valence-electron chi connectivity index (χ0n) is 11.0. The second-order valence-electron chi connectivity index (χ2n) is 4.74. The summed E-state index contributed by atoms with van der Waals surface area (Å²) in [4.78, 5) is 14.1. The molecular weight excluding hydrogens is 256 g/mol. The first-order valence-corrected chi connectivity index (χ1v) is 6.49. The number of amides is 1. The first-order valence-electron chi connectivity index (χ1n) is 6.49. The summed E-state index contributed by atoms with van der Waals surface area (Å²) in [5.74, 6) is 0.861. The van der Waals surface area contributed by atoms with Crippen LogP contribution in [0.3, 0.4) is 0 Å². The zero-order valence-corrected chi connectivity index (χ0v) is 11.0. The number of nitrogens with two attached hydrogens (primary N) is 1. The minimum absolute atomic E-state index is 0.00778. The number of nitrogen functional groups attached to an aromatic ring is 1. The van der Waals surface area contributed by atoms with Gasteiger partial charge >= 0.3 is 0 Å². The summed E-state index contributed by atoms with van der Waals surface area (Å²) in [5.41, 5.74) is 7.18. The van der Waals surface area contributed by atoms with Crippen molar-refractivity contribution in [2.45, 2.75) is 13.1 Å². The Balaban J connectivity index is 1.72. The van der Waals surface area contributed by atoms with Crippen LogP contribution in [0, 0.1) is 0 Å². The molecule has 2 heterocycles. The van der Waals surface area contributed by atoms with Crippen LogP contribution in [0.5, 0.6) is 5.75 Å². The number of anilines is 1. The number of aromatic nitrogens is 2. The molecule has 0 spiro atoms. The zero-order chi connectivity index (χ0) is 13.9. The summed E-state index contributed by atoms with van der Waals surface area (Å²) >= 11 is 0. The summed E-state index contributed by atoms with van der Waals surface area (Å²) in [6.07, 6.45) is 3.19. The molecule has 0 saturated heterocycles. The molecule has 6 heteroatoms. The molecule has 6 nitrogen and oxygen atoms in total. The van der Waals surface area contributed by atoms with Gasteiger partial charge in [0, 0.05) is 18.3 Å². The molecule has 1 aliphatic heterocycles. The Morgan fingerprint density at radius 2 is 2.25 bits per heavy atom. The average molecular weight is 272 g/mol. The molecule has 0 radical (unpaired) electrons. The van der Waals surface area contributed by atoms with Crippen LogP contribution in [0.2, 0.25) is 0 Å². The van der Waals surface area contributed by atoms with Gasteiger partial charge in [-0.15, -0.1) is 0 Å². The van der Waals surface area contributed by atoms with Crippen molar-refractivity contribution in [3.05, 3.63) is 42.2 Å². The Hall–Kier alpha value is -2.50. The minimum atomic E-state index is 0.00778. The van der Waals surface area contributed by atoms with E-state index in [0.717, 1.165) is 11.3 Å². The number of para-hydroxylation sites is 1. The minimum Gasteiger partial charge on any atom is -0.491 e. The molecule has 0 bridgehead atoms. The molecule has 0 aliphatic carbocycles. The normalized spacial score (nSPS) is 14.3. The molecular formula is C14H16N4O2. The van der Waals surface area contributed by atoms with Gasteiger partial charge in [0.25, 0.3) is 0 Å². The Morgan fingerprint density at radius 3 is 3.05 bits per heavy atom. The molecule has 0 fully saturated rings. The standard InChI is InChI=1S/C14H16N4O2/c15-12-7-16-18(9-12)10-14(19)17-5-6-20-13-4-2-1-3-11(13)8-17/h1-4,7,9H,5-6,8,10,15H2. The molecule has 1 aromatic carbocycles. The number of carbonyl (C=O) groups excluding carboxylic acids is 1. The Kier molecular flexibility index (Phi) is 3.28. The highest BCUT2D eigenvalue weighted by molar-refractivity contribution is 5.76. The van der Waals surface area contributed by atoms with Crippen LogP contribution in [0.15, 0.2) is 36.7 Å². The molecule has 2 N–H and O–H groups in total. The molecule has 1 amide bonds. The summed E-state index contributed by atoms with van der Waals surface area (Å²) in [6, 6.07) is 7.79. The van der Waals surface area contributed by atoms with Gasteiger partial charge in [-0.05, 0) is 6.07 Å². The van der Waals surface area contributed by atoms with Gasteiger partial charge in [-0.25, -0.2) is 0 Å². The van der Waals surface area contributed by atoms with Gasteiger partial charge in [0.1, 0.15) is 18.9 Å². The molecule has 1 aromatic heterocycles. The van der Waals surface area contributed by atoms with Gasteiger partial charge in [-0.2, -0.15) is 5.10 Å². The smallest absolute Gasteiger partial charge is 0.244 e. The number of hydrogen-bond acceptors (Lipinski definition) is 4. The number of carbonyl (C=O) groups is 1. The molecule has 104 valence electrons. The van der Waals surface area contributed by atoms with Crippen molar-refractivity contribution in [3.63, 3.8) is 0 Å². The lowest BCUT2D eigenvalue weighted by Crippen LogP contribution is -2.35. The lowest BCUT2D eigenvalue weighted by atomic mass is 10.2. The highest BCUT2D eigenvalue weighted by Crippen LogP contribution is 2.22. The predicted molar refractivity (Wildman–Crippen MR) is 74.0 cm³/mol. The first kappa shape index (κ1) is 12.5. The number of nitrogens with zero attached hydrogens (tertiary/aromatic N) is 3. The molecule has 0 unspecified atom stereocenters. The largest absolute Gasteiger partial charge is 0.491 e. The fourth-order valence-electron chi connectivity index (χ4n) is 2.24. The average Bonchev–Trinajstić information content (AvgIpc) is 2.74. The number of ether oxygens (including phenoxy) is 1. The monoisotopic (exact) mass is 272 g/mol. The molecule has 2 aromatic rings. The van der Waals surface area contributed by atoms with E-state index in [2.05, 4.69) is 5.10 Å². The topological polar surface area (TPSA) is 73.4 Å². The third-order valence-electron chi connectivity index (χ3n) is 3.26. The van der Waals surface area contributed by atoms with E-state index < -0.39 is 0 Å². The van der Waals surface area contributed by atoms with Crippen LogP contribution in [-0.2, 0) is 17.9 Å². The number of benzene rings is 1. The maximum absolute atomic E-state index is 12.3. The van der Waals surface area contributed by atoms with E-state index in [4.69, 9.17) is 10.5 Å². The van der Waals surface area contributed by atoms with Gasteiger partial charge in [-0.1, -0.05) is 18.2 Å². The maximum atomic E-state index is 12.3. The van der Waals surface area contributed by atoms with E-state index in [9.17, 15) is 4.79 Å². The lowest BCUT2D eigenvalue weighted by Gasteiger charge is -2.19. The van der Waals surface area contributed by atoms with Crippen LogP contribution in [0.1, 0.15) is 5.56 Å². The lowest BCUT2D eigenvalue weighted by molar-refractivity contribution is -0.132. The van der Waals surface area contributed by atoms with E-state index in [1.807, 2.05) is 24.3 Å². The van der Waals surface area contributed by atoms with E-state index in [1.54, 1.807) is 15.8 Å². The number of rotatable bonds is 2. The van der Waals surface area contributed by atoms with Crippen molar-refractivity contribution in [2.75, 3.05) is 18.9 Å². The fourth-order valence-corrected chi connectivity index (χ4v) is 2.24. The van der Waals surface area contributed by atoms with Gasteiger partial charge in [0.15, 0.2) is 0 Å². The fraction of sp³-hybridized carbons (Fsp3) is 0.286. The molecule has 3 rings (SSSR count). The number of fused-ring (bicyclic) bond motifs is 1. The van der Waals surface area contributed by atoms with Crippen molar-refractivity contribution in [2.24, 2.45) is 0 Å². The third-order valence-corrected chi connectivity index (χ3v) is 3.26. The quantitative estimate of drug-likeness (QED) is 0.881. The molecule has 0 atom stereocenters. The van der Waals surface area contributed by atoms with Gasteiger partial charge in [0.2, 0.25) is 5.91 Å². The molecule has 20 heavy (non-hydrogen) atoms. The maximum Gasteiger partial charge on any atom is 0.244 e. The molecule has 0 saturated carbocycles. The van der Waals surface area contributed by atoms with E-state index >= 15 is 0 Å². The summed E-state index contributed by atoms with van der Waals surface area (Å²) in [5, 5.41) is 4.03. The van der Waals surface area contributed by atoms with E-state index in [0.29, 0.717) is 25.4 Å².